The van der Waals surface area contributed by atoms with Crippen LogP contribution in [0.5, 0.6) is 0 Å². The van der Waals surface area contributed by atoms with E-state index in [4.69, 9.17) is 27.9 Å². The minimum atomic E-state index is -1.35. The number of amides is 2. The van der Waals surface area contributed by atoms with Crippen LogP contribution in [0.3, 0.4) is 0 Å². The maximum absolute atomic E-state index is 15.6. The van der Waals surface area contributed by atoms with E-state index in [0.29, 0.717) is 41.9 Å². The molecule has 2 aliphatic heterocycles. The van der Waals surface area contributed by atoms with Gasteiger partial charge >= 0.3 is 6.09 Å². The lowest BCUT2D eigenvalue weighted by Crippen LogP contribution is -2.52. The van der Waals surface area contributed by atoms with Crippen molar-refractivity contribution in [3.63, 3.8) is 0 Å². The highest BCUT2D eigenvalue weighted by Crippen LogP contribution is 2.40. The van der Waals surface area contributed by atoms with Gasteiger partial charge in [-0.05, 0) is 76.8 Å². The lowest BCUT2D eigenvalue weighted by atomic mass is 9.87. The van der Waals surface area contributed by atoms with E-state index < -0.39 is 33.3 Å². The summed E-state index contributed by atoms with van der Waals surface area (Å²) in [5, 5.41) is 0.931. The number of ether oxygens (including phenoxy) is 1. The fraction of sp³-hybridized carbons (Fsp3) is 0.588. The minimum Gasteiger partial charge on any atom is -0.444 e. The molecule has 46 heavy (non-hydrogen) atoms. The number of nitrogens with zero attached hydrogens (tertiary/aromatic N) is 3. The van der Waals surface area contributed by atoms with E-state index in [-0.39, 0.29) is 42.7 Å². The number of halogens is 3. The highest BCUT2D eigenvalue weighted by molar-refractivity contribution is 7.84. The quantitative estimate of drug-likeness (QED) is 0.332. The molecule has 0 spiro atoms. The number of carbonyl (C=O) groups is 2. The Morgan fingerprint density at radius 2 is 1.63 bits per heavy atom. The van der Waals surface area contributed by atoms with Gasteiger partial charge in [-0.3, -0.25) is 4.79 Å². The van der Waals surface area contributed by atoms with E-state index in [0.717, 1.165) is 11.1 Å². The molecule has 0 aromatic heterocycles. The summed E-state index contributed by atoms with van der Waals surface area (Å²) in [5.41, 5.74) is 1.29. The van der Waals surface area contributed by atoms with Crippen molar-refractivity contribution in [2.45, 2.75) is 77.7 Å². The molecular weight excluding hydrogens is 650 g/mol. The van der Waals surface area contributed by atoms with Crippen molar-refractivity contribution >= 4 is 51.9 Å². The van der Waals surface area contributed by atoms with E-state index in [1.54, 1.807) is 48.8 Å². The van der Waals surface area contributed by atoms with Gasteiger partial charge in [-0.15, -0.1) is 0 Å². The summed E-state index contributed by atoms with van der Waals surface area (Å²) in [6.07, 6.45) is -0.476. The van der Waals surface area contributed by atoms with Crippen LogP contribution in [0.15, 0.2) is 36.4 Å². The molecule has 2 aromatic carbocycles. The van der Waals surface area contributed by atoms with Crippen molar-refractivity contribution < 1.29 is 22.9 Å². The Balaban J connectivity index is 1.55. The zero-order chi connectivity index (χ0) is 34.1. The van der Waals surface area contributed by atoms with E-state index >= 15 is 4.39 Å². The van der Waals surface area contributed by atoms with Crippen molar-refractivity contribution in [1.82, 2.24) is 14.5 Å². The van der Waals surface area contributed by atoms with Gasteiger partial charge in [-0.25, -0.2) is 18.1 Å². The number of benzene rings is 2. The number of nitrogens with one attached hydrogen (secondary N) is 1. The van der Waals surface area contributed by atoms with Gasteiger partial charge < -0.3 is 19.4 Å². The molecule has 12 heteroatoms. The molecule has 0 aliphatic carbocycles. The third kappa shape index (κ3) is 8.54. The zero-order valence-corrected chi connectivity index (χ0v) is 30.4. The molecule has 1 N–H and O–H groups in total. The molecule has 0 saturated carbocycles. The normalized spacial score (nSPS) is 20.7. The van der Waals surface area contributed by atoms with E-state index in [2.05, 4.69) is 4.72 Å². The van der Waals surface area contributed by atoms with Gasteiger partial charge in [0.25, 0.3) is 0 Å². The number of likely N-dealkylation sites (tertiary alicyclic amines) is 1. The van der Waals surface area contributed by atoms with Crippen LogP contribution in [0.4, 0.5) is 14.9 Å². The summed E-state index contributed by atoms with van der Waals surface area (Å²) in [7, 11) is -1.35. The Bertz CT molecular complexity index is 1450. The van der Waals surface area contributed by atoms with Crippen molar-refractivity contribution in [2.75, 3.05) is 44.2 Å². The van der Waals surface area contributed by atoms with Crippen LogP contribution in [-0.2, 0) is 20.5 Å². The third-order valence-electron chi connectivity index (χ3n) is 8.37. The molecule has 0 unspecified atom stereocenters. The lowest BCUT2D eigenvalue weighted by Gasteiger charge is -2.39. The van der Waals surface area contributed by atoms with Crippen LogP contribution in [-0.4, -0.2) is 75.6 Å². The van der Waals surface area contributed by atoms with Gasteiger partial charge in [0.15, 0.2) is 0 Å². The third-order valence-corrected chi connectivity index (χ3v) is 10.5. The smallest absolute Gasteiger partial charge is 0.410 e. The molecule has 8 nitrogen and oxygen atoms in total. The number of hydrogen-bond acceptors (Lipinski definition) is 5. The molecular formula is C34H47Cl2FN4O4S. The first-order valence-corrected chi connectivity index (χ1v) is 17.7. The standard InChI is InChI=1S/C34H47Cl2FN4O4S/c1-21(2)29(38-46(44)34(6,7)8)24-10-9-11-28(37)30(24)39-14-16-40(17-15-39)31(42)26-20-41(32(43)45-33(3,4)5)19-25(26)23-13-12-22(35)18-27(23)36/h9-13,18,21,25-26,29,38H,14-17,19-20H2,1-8H3/t25-,26+,29+,46+/m1/s1. The zero-order valence-electron chi connectivity index (χ0n) is 28.0. The molecule has 0 bridgehead atoms. The fourth-order valence-electron chi connectivity index (χ4n) is 6.00. The van der Waals surface area contributed by atoms with Crippen molar-refractivity contribution in [2.24, 2.45) is 11.8 Å². The number of piperazine rings is 1. The molecule has 4 rings (SSSR count). The van der Waals surface area contributed by atoms with Crippen LogP contribution >= 0.6 is 23.2 Å². The summed E-state index contributed by atoms with van der Waals surface area (Å²) in [6.45, 7) is 17.2. The molecule has 2 fully saturated rings. The van der Waals surface area contributed by atoms with Crippen molar-refractivity contribution in [1.29, 1.82) is 0 Å². The second-order valence-corrected chi connectivity index (χ2v) is 17.3. The van der Waals surface area contributed by atoms with E-state index in [1.807, 2.05) is 51.7 Å². The maximum Gasteiger partial charge on any atom is 0.410 e. The molecule has 2 amide bonds. The highest BCUT2D eigenvalue weighted by atomic mass is 35.5. The first-order chi connectivity index (χ1) is 21.4. The summed E-state index contributed by atoms with van der Waals surface area (Å²) in [5.74, 6) is -1.28. The minimum absolute atomic E-state index is 0.0432. The SMILES string of the molecule is CC(C)[C@H](N[S@@](=O)C(C)(C)C)c1cccc(F)c1N1CCN(C(=O)[C@H]2CN(C(=O)OC(C)(C)C)C[C@@H]2c2ccc(Cl)cc2Cl)CC1. The van der Waals surface area contributed by atoms with Crippen molar-refractivity contribution in [3.05, 3.63) is 63.4 Å². The Labute approximate surface area is 285 Å². The molecule has 254 valence electrons. The van der Waals surface area contributed by atoms with Gasteiger partial charge in [0.05, 0.1) is 27.3 Å². The van der Waals surface area contributed by atoms with E-state index in [1.165, 1.54) is 6.07 Å². The van der Waals surface area contributed by atoms with Crippen molar-refractivity contribution in [3.8, 4) is 0 Å². The lowest BCUT2D eigenvalue weighted by molar-refractivity contribution is -0.135. The highest BCUT2D eigenvalue weighted by Gasteiger charge is 2.44. The van der Waals surface area contributed by atoms with Crippen LogP contribution in [0.2, 0.25) is 10.0 Å². The van der Waals surface area contributed by atoms with Gasteiger partial charge in [0, 0.05) is 61.3 Å². The predicted octanol–water partition coefficient (Wildman–Crippen LogP) is 7.18. The van der Waals surface area contributed by atoms with E-state index in [9.17, 15) is 13.8 Å². The first-order valence-electron chi connectivity index (χ1n) is 15.8. The Hall–Kier alpha value is -2.40. The second-order valence-electron chi connectivity index (χ2n) is 14.5. The number of para-hydroxylation sites is 1. The van der Waals surface area contributed by atoms with Crippen LogP contribution < -0.4 is 9.62 Å². The van der Waals surface area contributed by atoms with Crippen LogP contribution in [0, 0.1) is 17.7 Å². The molecule has 0 radical (unpaired) electrons. The largest absolute Gasteiger partial charge is 0.444 e. The molecule has 4 atom stereocenters. The monoisotopic (exact) mass is 696 g/mol. The summed E-state index contributed by atoms with van der Waals surface area (Å²) in [6, 6.07) is 9.88. The average molecular weight is 698 g/mol. The predicted molar refractivity (Wildman–Crippen MR) is 184 cm³/mol. The van der Waals surface area contributed by atoms with Crippen LogP contribution in [0.1, 0.15) is 78.5 Å². The summed E-state index contributed by atoms with van der Waals surface area (Å²) < 4.78 is 37.0. The summed E-state index contributed by atoms with van der Waals surface area (Å²) >= 11 is 12.8. The fourth-order valence-corrected chi connectivity index (χ4v) is 7.53. The first kappa shape index (κ1) is 36.4. The van der Waals surface area contributed by atoms with Gasteiger partial charge in [0.2, 0.25) is 5.91 Å². The van der Waals surface area contributed by atoms with Gasteiger partial charge in [0.1, 0.15) is 11.4 Å². The Kier molecular flexibility index (Phi) is 11.4. The Morgan fingerprint density at radius 3 is 2.20 bits per heavy atom. The molecule has 2 saturated heterocycles. The molecule has 2 aromatic rings. The molecule has 2 aliphatic rings. The van der Waals surface area contributed by atoms with Gasteiger partial charge in [-0.2, -0.15) is 0 Å². The van der Waals surface area contributed by atoms with Gasteiger partial charge in [-0.1, -0.05) is 55.2 Å². The topological polar surface area (TPSA) is 82.2 Å². The number of rotatable bonds is 7. The molecule has 2 heterocycles. The summed E-state index contributed by atoms with van der Waals surface area (Å²) in [4.78, 5) is 32.6. The number of hydrogen-bond donors (Lipinski definition) is 1. The Morgan fingerprint density at radius 1 is 0.978 bits per heavy atom. The maximum atomic E-state index is 15.6. The number of anilines is 1. The second kappa shape index (κ2) is 14.4. The number of carbonyl (C=O) groups excluding carboxylic acids is 2. The van der Waals surface area contributed by atoms with Crippen LogP contribution in [0.25, 0.3) is 0 Å². The average Bonchev–Trinajstić information content (AvgIpc) is 3.39.